The van der Waals surface area contributed by atoms with Crippen molar-refractivity contribution in [3.63, 3.8) is 0 Å². The average Bonchev–Trinajstić information content (AvgIpc) is 2.14. The van der Waals surface area contributed by atoms with E-state index in [4.69, 9.17) is 5.11 Å². The SMILES string of the molecule is CC(CN(C)C)NC(=O)NC(=O)CCCC(=O)O. The van der Waals surface area contributed by atoms with Gasteiger partial charge in [-0.1, -0.05) is 0 Å². The molecule has 0 aromatic carbocycles. The summed E-state index contributed by atoms with van der Waals surface area (Å²) in [4.78, 5) is 34.8. The maximum absolute atomic E-state index is 11.4. The van der Waals surface area contributed by atoms with Gasteiger partial charge in [0.05, 0.1) is 0 Å². The number of nitrogens with zero attached hydrogens (tertiary/aromatic N) is 1. The van der Waals surface area contributed by atoms with Crippen molar-refractivity contribution >= 4 is 17.9 Å². The molecule has 1 atom stereocenters. The molecule has 0 aromatic rings. The number of carboxylic acids is 1. The Balaban J connectivity index is 3.80. The number of aliphatic carboxylic acids is 1. The van der Waals surface area contributed by atoms with Crippen LogP contribution in [0.25, 0.3) is 0 Å². The van der Waals surface area contributed by atoms with E-state index in [-0.39, 0.29) is 25.3 Å². The van der Waals surface area contributed by atoms with Gasteiger partial charge in [-0.2, -0.15) is 0 Å². The number of carbonyl (C=O) groups excluding carboxylic acids is 2. The first-order chi connectivity index (χ1) is 8.31. The van der Waals surface area contributed by atoms with Crippen LogP contribution >= 0.6 is 0 Å². The van der Waals surface area contributed by atoms with E-state index >= 15 is 0 Å². The predicted octanol–water partition coefficient (Wildman–Crippen LogP) is 0.0172. The van der Waals surface area contributed by atoms with Crippen molar-refractivity contribution in [2.45, 2.75) is 32.2 Å². The molecule has 0 aliphatic heterocycles. The quantitative estimate of drug-likeness (QED) is 0.598. The Morgan fingerprint density at radius 1 is 1.22 bits per heavy atom. The van der Waals surface area contributed by atoms with Gasteiger partial charge in [-0.15, -0.1) is 0 Å². The van der Waals surface area contributed by atoms with Crippen LogP contribution in [0.15, 0.2) is 0 Å². The fraction of sp³-hybridized carbons (Fsp3) is 0.727. The van der Waals surface area contributed by atoms with Gasteiger partial charge in [0.15, 0.2) is 0 Å². The number of nitrogens with one attached hydrogen (secondary N) is 2. The van der Waals surface area contributed by atoms with Crippen molar-refractivity contribution < 1.29 is 19.5 Å². The predicted molar refractivity (Wildman–Crippen MR) is 66.2 cm³/mol. The van der Waals surface area contributed by atoms with Crippen molar-refractivity contribution in [1.29, 1.82) is 0 Å². The largest absolute Gasteiger partial charge is 0.481 e. The molecule has 0 rings (SSSR count). The zero-order valence-corrected chi connectivity index (χ0v) is 11.0. The second kappa shape index (κ2) is 8.46. The van der Waals surface area contributed by atoms with Gasteiger partial charge in [-0.3, -0.25) is 14.9 Å². The molecule has 0 aromatic heterocycles. The molecule has 3 amide bonds. The van der Waals surface area contributed by atoms with Crippen LogP contribution in [0, 0.1) is 0 Å². The lowest BCUT2D eigenvalue weighted by Gasteiger charge is -2.18. The molecule has 7 heteroatoms. The zero-order valence-electron chi connectivity index (χ0n) is 11.0. The molecular formula is C11H21N3O4. The Labute approximate surface area is 107 Å². The lowest BCUT2D eigenvalue weighted by Crippen LogP contribution is -2.46. The number of imide groups is 1. The third-order valence-corrected chi connectivity index (χ3v) is 2.06. The maximum atomic E-state index is 11.4. The molecule has 104 valence electrons. The third-order valence-electron chi connectivity index (χ3n) is 2.06. The summed E-state index contributed by atoms with van der Waals surface area (Å²) in [6, 6.07) is -0.628. The van der Waals surface area contributed by atoms with E-state index in [0.29, 0.717) is 6.54 Å². The summed E-state index contributed by atoms with van der Waals surface area (Å²) in [6.07, 6.45) is 0.176. The van der Waals surface area contributed by atoms with E-state index in [1.54, 1.807) is 0 Å². The van der Waals surface area contributed by atoms with E-state index in [1.807, 2.05) is 25.9 Å². The van der Waals surface area contributed by atoms with Crippen LogP contribution < -0.4 is 10.6 Å². The molecule has 0 fully saturated rings. The van der Waals surface area contributed by atoms with E-state index in [9.17, 15) is 14.4 Å². The average molecular weight is 259 g/mol. The maximum Gasteiger partial charge on any atom is 0.321 e. The molecule has 18 heavy (non-hydrogen) atoms. The Morgan fingerprint density at radius 2 is 1.83 bits per heavy atom. The summed E-state index contributed by atoms with van der Waals surface area (Å²) in [5.41, 5.74) is 0. The van der Waals surface area contributed by atoms with Crippen LogP contribution in [0.5, 0.6) is 0 Å². The lowest BCUT2D eigenvalue weighted by atomic mass is 10.2. The van der Waals surface area contributed by atoms with Crippen LogP contribution in [0.1, 0.15) is 26.2 Å². The second-order valence-electron chi connectivity index (χ2n) is 4.43. The third kappa shape index (κ3) is 9.59. The fourth-order valence-corrected chi connectivity index (χ4v) is 1.44. The minimum Gasteiger partial charge on any atom is -0.481 e. The molecule has 0 bridgehead atoms. The van der Waals surface area contributed by atoms with Crippen LogP contribution in [-0.2, 0) is 9.59 Å². The van der Waals surface area contributed by atoms with Crippen molar-refractivity contribution in [2.75, 3.05) is 20.6 Å². The number of amides is 3. The number of urea groups is 1. The summed E-state index contributed by atoms with van der Waals surface area (Å²) < 4.78 is 0. The number of hydrogen-bond donors (Lipinski definition) is 3. The highest BCUT2D eigenvalue weighted by molar-refractivity contribution is 5.94. The minimum absolute atomic E-state index is 0.0295. The zero-order chi connectivity index (χ0) is 14.1. The fourth-order valence-electron chi connectivity index (χ4n) is 1.44. The standard InChI is InChI=1S/C11H21N3O4/c1-8(7-14(2)3)12-11(18)13-9(15)5-4-6-10(16)17/h8H,4-7H2,1-3H3,(H,16,17)(H2,12,13,15,18). The molecule has 0 radical (unpaired) electrons. The molecule has 0 aliphatic rings. The number of likely N-dealkylation sites (N-methyl/N-ethyl adjacent to an activating group) is 1. The molecule has 1 unspecified atom stereocenters. The number of rotatable bonds is 7. The Morgan fingerprint density at radius 3 is 2.33 bits per heavy atom. The summed E-state index contributed by atoms with van der Waals surface area (Å²) in [5, 5.41) is 13.2. The van der Waals surface area contributed by atoms with Crippen LogP contribution in [0.3, 0.4) is 0 Å². The highest BCUT2D eigenvalue weighted by Crippen LogP contribution is 1.95. The molecule has 0 saturated carbocycles. The van der Waals surface area contributed by atoms with E-state index in [1.165, 1.54) is 0 Å². The van der Waals surface area contributed by atoms with Crippen LogP contribution in [0.2, 0.25) is 0 Å². The van der Waals surface area contributed by atoms with Gasteiger partial charge < -0.3 is 15.3 Å². The van der Waals surface area contributed by atoms with Crippen molar-refractivity contribution in [3.8, 4) is 0 Å². The number of carbonyl (C=O) groups is 3. The molecule has 0 spiro atoms. The molecule has 0 aliphatic carbocycles. The first-order valence-electron chi connectivity index (χ1n) is 5.78. The van der Waals surface area contributed by atoms with Gasteiger partial charge in [-0.25, -0.2) is 4.79 Å². The molecule has 7 nitrogen and oxygen atoms in total. The monoisotopic (exact) mass is 259 g/mol. The van der Waals surface area contributed by atoms with Crippen molar-refractivity contribution in [1.82, 2.24) is 15.5 Å². The number of hydrogen-bond acceptors (Lipinski definition) is 4. The Hall–Kier alpha value is -1.63. The van der Waals surface area contributed by atoms with Crippen molar-refractivity contribution in [2.24, 2.45) is 0 Å². The molecule has 0 saturated heterocycles. The summed E-state index contributed by atoms with van der Waals surface area (Å²) in [6.45, 7) is 2.50. The lowest BCUT2D eigenvalue weighted by molar-refractivity contribution is -0.137. The highest BCUT2D eigenvalue weighted by Gasteiger charge is 2.11. The van der Waals surface area contributed by atoms with Crippen LogP contribution in [-0.4, -0.2) is 54.6 Å². The second-order valence-corrected chi connectivity index (χ2v) is 4.43. The van der Waals surface area contributed by atoms with Gasteiger partial charge >= 0.3 is 12.0 Å². The van der Waals surface area contributed by atoms with Gasteiger partial charge in [-0.05, 0) is 27.4 Å². The van der Waals surface area contributed by atoms with E-state index in [2.05, 4.69) is 10.6 Å². The first-order valence-corrected chi connectivity index (χ1v) is 5.78. The van der Waals surface area contributed by atoms with Gasteiger partial charge in [0.25, 0.3) is 0 Å². The topological polar surface area (TPSA) is 98.7 Å². The minimum atomic E-state index is -0.952. The number of carboxylic acid groups (broad SMARTS) is 1. The van der Waals surface area contributed by atoms with Gasteiger partial charge in [0, 0.05) is 25.4 Å². The smallest absolute Gasteiger partial charge is 0.321 e. The molecular weight excluding hydrogens is 238 g/mol. The summed E-state index contributed by atoms with van der Waals surface area (Å²) in [7, 11) is 3.76. The summed E-state index contributed by atoms with van der Waals surface area (Å²) >= 11 is 0. The van der Waals surface area contributed by atoms with E-state index in [0.717, 1.165) is 0 Å². The Kier molecular flexibility index (Phi) is 7.69. The van der Waals surface area contributed by atoms with Crippen LogP contribution in [0.4, 0.5) is 4.79 Å². The molecule has 3 N–H and O–H groups in total. The summed E-state index contributed by atoms with van der Waals surface area (Å²) in [5.74, 6) is -1.42. The normalized spacial score (nSPS) is 12.0. The highest BCUT2D eigenvalue weighted by atomic mass is 16.4. The van der Waals surface area contributed by atoms with Crippen molar-refractivity contribution in [3.05, 3.63) is 0 Å². The van der Waals surface area contributed by atoms with Gasteiger partial charge in [0.1, 0.15) is 0 Å². The first kappa shape index (κ1) is 16.4. The van der Waals surface area contributed by atoms with E-state index < -0.39 is 17.9 Å². The van der Waals surface area contributed by atoms with Gasteiger partial charge in [0.2, 0.25) is 5.91 Å². The Bertz CT molecular complexity index is 305. The molecule has 0 heterocycles.